The number of hydrogen-bond donors (Lipinski definition) is 2. The van der Waals surface area contributed by atoms with E-state index >= 15 is 0 Å². The van der Waals surface area contributed by atoms with Gasteiger partial charge in [-0.15, -0.1) is 0 Å². The monoisotopic (exact) mass is 450 g/mol. The number of hydrogen-bond acceptors (Lipinski definition) is 8. The predicted octanol–water partition coefficient (Wildman–Crippen LogP) is 3.26. The summed E-state index contributed by atoms with van der Waals surface area (Å²) in [5.74, 6) is 2.01. The zero-order chi connectivity index (χ0) is 23.4. The van der Waals surface area contributed by atoms with Crippen molar-refractivity contribution in [1.82, 2.24) is 20.3 Å². The van der Waals surface area contributed by atoms with Gasteiger partial charge in [0, 0.05) is 37.6 Å². The fourth-order valence-corrected chi connectivity index (χ4v) is 4.16. The molecule has 1 aliphatic rings. The molecule has 0 unspecified atom stereocenters. The summed E-state index contributed by atoms with van der Waals surface area (Å²) >= 11 is 0. The van der Waals surface area contributed by atoms with Crippen LogP contribution in [0.3, 0.4) is 0 Å². The number of amides is 1. The third kappa shape index (κ3) is 5.08. The minimum absolute atomic E-state index is 0.0946. The third-order valence-electron chi connectivity index (χ3n) is 5.88. The molecule has 0 bridgehead atoms. The summed E-state index contributed by atoms with van der Waals surface area (Å²) in [5.41, 5.74) is 1.32. The molecule has 0 atom stereocenters. The first-order valence-corrected chi connectivity index (χ1v) is 11.1. The Morgan fingerprint density at radius 1 is 0.939 bits per heavy atom. The molecule has 0 radical (unpaired) electrons. The highest BCUT2D eigenvalue weighted by molar-refractivity contribution is 5.96. The van der Waals surface area contributed by atoms with Gasteiger partial charge in [0.15, 0.2) is 0 Å². The van der Waals surface area contributed by atoms with Crippen molar-refractivity contribution in [2.24, 2.45) is 0 Å². The standard InChI is InChI=1S/C24H30N6O3/c1-30(2)21-17-7-5-6-8-19(17)27-24(29-21)26-16-11-9-15(10-12-16)25-22(31)18-13-14-20(32-3)28-23(18)33-4/h5-8,13-16H,9-12H2,1-4H3,(H,25,31)(H,26,27,29)/t15-,16+. The van der Waals surface area contributed by atoms with Crippen LogP contribution in [-0.2, 0) is 0 Å². The number of carbonyl (C=O) groups is 1. The van der Waals surface area contributed by atoms with Gasteiger partial charge in [0.25, 0.3) is 5.91 Å². The van der Waals surface area contributed by atoms with Crippen molar-refractivity contribution in [3.8, 4) is 11.8 Å². The van der Waals surface area contributed by atoms with Crippen LogP contribution in [0.1, 0.15) is 36.0 Å². The van der Waals surface area contributed by atoms with E-state index in [0.29, 0.717) is 17.4 Å². The van der Waals surface area contributed by atoms with E-state index in [2.05, 4.69) is 15.6 Å². The van der Waals surface area contributed by atoms with Gasteiger partial charge in [0.05, 0.1) is 19.7 Å². The molecule has 1 aromatic carbocycles. The van der Waals surface area contributed by atoms with Gasteiger partial charge < -0.3 is 25.0 Å². The van der Waals surface area contributed by atoms with Crippen LogP contribution in [0.2, 0.25) is 0 Å². The molecule has 9 heteroatoms. The molecule has 174 valence electrons. The molecule has 0 aliphatic heterocycles. The Balaban J connectivity index is 1.37. The van der Waals surface area contributed by atoms with Crippen LogP contribution < -0.4 is 25.0 Å². The quantitative estimate of drug-likeness (QED) is 0.566. The van der Waals surface area contributed by atoms with Gasteiger partial charge in [-0.3, -0.25) is 4.79 Å². The first-order valence-electron chi connectivity index (χ1n) is 11.1. The SMILES string of the molecule is COc1ccc(C(=O)N[C@H]2CC[C@@H](Nc3nc(N(C)C)c4ccccc4n3)CC2)c(OC)n1. The van der Waals surface area contributed by atoms with Crippen molar-refractivity contribution in [1.29, 1.82) is 0 Å². The maximum Gasteiger partial charge on any atom is 0.256 e. The predicted molar refractivity (Wildman–Crippen MR) is 128 cm³/mol. The molecule has 1 fully saturated rings. The van der Waals surface area contributed by atoms with Crippen molar-refractivity contribution >= 4 is 28.6 Å². The highest BCUT2D eigenvalue weighted by atomic mass is 16.5. The molecule has 0 spiro atoms. The molecule has 1 amide bonds. The van der Waals surface area contributed by atoms with Gasteiger partial charge in [-0.05, 0) is 43.9 Å². The van der Waals surface area contributed by atoms with Crippen molar-refractivity contribution in [2.75, 3.05) is 38.5 Å². The number of methoxy groups -OCH3 is 2. The number of aromatic nitrogens is 3. The third-order valence-corrected chi connectivity index (χ3v) is 5.88. The highest BCUT2D eigenvalue weighted by Gasteiger charge is 2.25. The van der Waals surface area contributed by atoms with E-state index in [9.17, 15) is 4.79 Å². The van der Waals surface area contributed by atoms with E-state index in [1.54, 1.807) is 12.1 Å². The number of ether oxygens (including phenoxy) is 2. The lowest BCUT2D eigenvalue weighted by atomic mass is 9.91. The van der Waals surface area contributed by atoms with Gasteiger partial charge in [-0.2, -0.15) is 9.97 Å². The molecule has 3 aromatic rings. The minimum Gasteiger partial charge on any atom is -0.481 e. The lowest BCUT2D eigenvalue weighted by molar-refractivity contribution is 0.0922. The van der Waals surface area contributed by atoms with E-state index in [-0.39, 0.29) is 23.9 Å². The zero-order valence-electron chi connectivity index (χ0n) is 19.5. The number of fused-ring (bicyclic) bond motifs is 1. The summed E-state index contributed by atoms with van der Waals surface area (Å²) in [6.07, 6.45) is 3.56. The van der Waals surface area contributed by atoms with Crippen LogP contribution in [0.25, 0.3) is 10.9 Å². The number of nitrogens with one attached hydrogen (secondary N) is 2. The molecule has 2 heterocycles. The van der Waals surface area contributed by atoms with Gasteiger partial charge >= 0.3 is 0 Å². The van der Waals surface area contributed by atoms with Crippen LogP contribution in [0.15, 0.2) is 36.4 Å². The normalized spacial score (nSPS) is 17.9. The fourth-order valence-electron chi connectivity index (χ4n) is 4.16. The Morgan fingerprint density at radius 2 is 1.67 bits per heavy atom. The molecule has 2 N–H and O–H groups in total. The van der Waals surface area contributed by atoms with Gasteiger partial charge in [0.1, 0.15) is 11.4 Å². The lowest BCUT2D eigenvalue weighted by Gasteiger charge is -2.30. The maximum absolute atomic E-state index is 12.8. The minimum atomic E-state index is -0.188. The molecule has 2 aromatic heterocycles. The Labute approximate surface area is 193 Å². The molecule has 1 aliphatic carbocycles. The molecule has 9 nitrogen and oxygen atoms in total. The summed E-state index contributed by atoms with van der Waals surface area (Å²) in [6, 6.07) is 11.7. The van der Waals surface area contributed by atoms with Crippen LogP contribution in [-0.4, -0.2) is 61.3 Å². The van der Waals surface area contributed by atoms with Crippen molar-refractivity contribution in [3.05, 3.63) is 42.0 Å². The molecule has 1 saturated carbocycles. The number of benzene rings is 1. The maximum atomic E-state index is 12.8. The Morgan fingerprint density at radius 3 is 2.36 bits per heavy atom. The van der Waals surface area contributed by atoms with E-state index in [1.165, 1.54) is 14.2 Å². The molecule has 33 heavy (non-hydrogen) atoms. The molecule has 4 rings (SSSR count). The van der Waals surface area contributed by atoms with Crippen LogP contribution in [0.5, 0.6) is 11.8 Å². The first-order chi connectivity index (χ1) is 16.0. The number of anilines is 2. The average Bonchev–Trinajstić information content (AvgIpc) is 2.84. The summed E-state index contributed by atoms with van der Waals surface area (Å²) in [5, 5.41) is 7.64. The van der Waals surface area contributed by atoms with Crippen LogP contribution in [0.4, 0.5) is 11.8 Å². The van der Waals surface area contributed by atoms with E-state index in [4.69, 9.17) is 19.4 Å². The number of nitrogens with zero attached hydrogens (tertiary/aromatic N) is 4. The summed E-state index contributed by atoms with van der Waals surface area (Å²) in [7, 11) is 6.99. The van der Waals surface area contributed by atoms with Crippen LogP contribution >= 0.6 is 0 Å². The number of para-hydroxylation sites is 1. The van der Waals surface area contributed by atoms with Gasteiger partial charge in [-0.1, -0.05) is 12.1 Å². The largest absolute Gasteiger partial charge is 0.481 e. The fraction of sp³-hybridized carbons (Fsp3) is 0.417. The number of carbonyl (C=O) groups excluding carboxylic acids is 1. The molecular weight excluding hydrogens is 420 g/mol. The number of pyridine rings is 1. The van der Waals surface area contributed by atoms with Crippen LogP contribution in [0, 0.1) is 0 Å². The van der Waals surface area contributed by atoms with Crippen molar-refractivity contribution in [2.45, 2.75) is 37.8 Å². The Bertz CT molecular complexity index is 1130. The number of rotatable bonds is 7. The smallest absolute Gasteiger partial charge is 0.256 e. The van der Waals surface area contributed by atoms with E-state index < -0.39 is 0 Å². The summed E-state index contributed by atoms with van der Waals surface area (Å²) < 4.78 is 10.4. The highest BCUT2D eigenvalue weighted by Crippen LogP contribution is 2.27. The van der Waals surface area contributed by atoms with Gasteiger partial charge in [-0.25, -0.2) is 4.98 Å². The zero-order valence-corrected chi connectivity index (χ0v) is 19.5. The van der Waals surface area contributed by atoms with Crippen molar-refractivity contribution in [3.63, 3.8) is 0 Å². The molecule has 0 saturated heterocycles. The Kier molecular flexibility index (Phi) is 6.76. The van der Waals surface area contributed by atoms with Gasteiger partial charge in [0.2, 0.25) is 17.7 Å². The topological polar surface area (TPSA) is 102 Å². The van der Waals surface area contributed by atoms with Crippen molar-refractivity contribution < 1.29 is 14.3 Å². The average molecular weight is 451 g/mol. The molecular formula is C24H30N6O3. The Hall–Kier alpha value is -3.62. The lowest BCUT2D eigenvalue weighted by Crippen LogP contribution is -2.40. The summed E-state index contributed by atoms with van der Waals surface area (Å²) in [6.45, 7) is 0. The van der Waals surface area contributed by atoms with E-state index in [0.717, 1.165) is 42.4 Å². The second-order valence-corrected chi connectivity index (χ2v) is 8.36. The second kappa shape index (κ2) is 9.89. The summed E-state index contributed by atoms with van der Waals surface area (Å²) in [4.78, 5) is 28.4. The first kappa shape index (κ1) is 22.6. The van der Waals surface area contributed by atoms with E-state index in [1.807, 2.05) is 43.3 Å². The second-order valence-electron chi connectivity index (χ2n) is 8.36.